The molecule has 0 bridgehead atoms. The Bertz CT molecular complexity index is 410. The molecule has 0 saturated carbocycles. The fourth-order valence-corrected chi connectivity index (χ4v) is 1.36. The van der Waals surface area contributed by atoms with Crippen molar-refractivity contribution in [2.24, 2.45) is 7.05 Å². The lowest BCUT2D eigenvalue weighted by Gasteiger charge is -2.21. The zero-order valence-electron chi connectivity index (χ0n) is 12.2. The molecule has 0 aliphatic carbocycles. The van der Waals surface area contributed by atoms with Gasteiger partial charge < -0.3 is 19.9 Å². The maximum Gasteiger partial charge on any atom is 0.407 e. The minimum atomic E-state index is -0.473. The Morgan fingerprint density at radius 2 is 2.21 bits per heavy atom. The molecule has 0 aromatic carbocycles. The Balaban J connectivity index is 2.23. The number of rotatable bonds is 5. The van der Waals surface area contributed by atoms with Crippen LogP contribution in [-0.4, -0.2) is 39.0 Å². The Kier molecular flexibility index (Phi) is 5.29. The van der Waals surface area contributed by atoms with Crippen LogP contribution in [0, 0.1) is 0 Å². The van der Waals surface area contributed by atoms with Gasteiger partial charge in [0.1, 0.15) is 17.8 Å². The lowest BCUT2D eigenvalue weighted by atomic mass is 10.2. The van der Waals surface area contributed by atoms with E-state index in [1.54, 1.807) is 6.33 Å². The smallest absolute Gasteiger partial charge is 0.407 e. The molecule has 2 N–H and O–H groups in total. The van der Waals surface area contributed by atoms with Crippen LogP contribution in [0.2, 0.25) is 0 Å². The SMILES string of the molecule is CC(CNC(=O)OC(C)(C)C)NCc1nncn1C. The first-order chi connectivity index (χ1) is 8.78. The quantitative estimate of drug-likeness (QED) is 0.827. The second-order valence-electron chi connectivity index (χ2n) is 5.52. The van der Waals surface area contributed by atoms with Gasteiger partial charge in [-0.3, -0.25) is 0 Å². The number of hydrogen-bond donors (Lipinski definition) is 2. The average Bonchev–Trinajstić information content (AvgIpc) is 2.67. The lowest BCUT2D eigenvalue weighted by Crippen LogP contribution is -2.41. The van der Waals surface area contributed by atoms with Gasteiger partial charge in [0.05, 0.1) is 6.54 Å². The first-order valence-electron chi connectivity index (χ1n) is 6.31. The minimum absolute atomic E-state index is 0.115. The topological polar surface area (TPSA) is 81.1 Å². The second-order valence-corrected chi connectivity index (χ2v) is 5.52. The molecule has 1 aromatic rings. The van der Waals surface area contributed by atoms with E-state index in [0.29, 0.717) is 13.1 Å². The molecule has 1 atom stereocenters. The zero-order valence-corrected chi connectivity index (χ0v) is 12.2. The van der Waals surface area contributed by atoms with E-state index in [-0.39, 0.29) is 6.04 Å². The van der Waals surface area contributed by atoms with Crippen molar-refractivity contribution in [2.75, 3.05) is 6.54 Å². The predicted molar refractivity (Wildman–Crippen MR) is 71.5 cm³/mol. The van der Waals surface area contributed by atoms with Gasteiger partial charge in [-0.05, 0) is 27.7 Å². The van der Waals surface area contributed by atoms with Crippen molar-refractivity contribution in [1.82, 2.24) is 25.4 Å². The third kappa shape index (κ3) is 6.19. The second kappa shape index (κ2) is 6.51. The molecule has 1 rings (SSSR count). The van der Waals surface area contributed by atoms with E-state index in [2.05, 4.69) is 20.8 Å². The van der Waals surface area contributed by atoms with Gasteiger partial charge in [-0.1, -0.05) is 0 Å². The van der Waals surface area contributed by atoms with Gasteiger partial charge in [0, 0.05) is 19.6 Å². The van der Waals surface area contributed by atoms with Gasteiger partial charge in [0.15, 0.2) is 0 Å². The van der Waals surface area contributed by atoms with E-state index in [0.717, 1.165) is 5.82 Å². The molecule has 1 unspecified atom stereocenters. The number of hydrogen-bond acceptors (Lipinski definition) is 5. The summed E-state index contributed by atoms with van der Waals surface area (Å²) in [5, 5.41) is 13.7. The van der Waals surface area contributed by atoms with Crippen LogP contribution in [0.5, 0.6) is 0 Å². The number of nitrogens with zero attached hydrogens (tertiary/aromatic N) is 3. The molecular formula is C12H23N5O2. The number of carbonyl (C=O) groups excluding carboxylic acids is 1. The molecular weight excluding hydrogens is 246 g/mol. The highest BCUT2D eigenvalue weighted by Crippen LogP contribution is 2.06. The molecule has 7 heteroatoms. The maximum atomic E-state index is 11.5. The highest BCUT2D eigenvalue weighted by atomic mass is 16.6. The maximum absolute atomic E-state index is 11.5. The van der Waals surface area contributed by atoms with Crippen molar-refractivity contribution in [3.8, 4) is 0 Å². The van der Waals surface area contributed by atoms with Gasteiger partial charge in [0.2, 0.25) is 0 Å². The van der Waals surface area contributed by atoms with Crippen LogP contribution < -0.4 is 10.6 Å². The van der Waals surface area contributed by atoms with Crippen LogP contribution in [0.25, 0.3) is 0 Å². The van der Waals surface area contributed by atoms with E-state index < -0.39 is 11.7 Å². The third-order valence-corrected chi connectivity index (χ3v) is 2.37. The zero-order chi connectivity index (χ0) is 14.5. The molecule has 1 heterocycles. The van der Waals surface area contributed by atoms with Crippen LogP contribution >= 0.6 is 0 Å². The number of aromatic nitrogens is 3. The Hall–Kier alpha value is -1.63. The molecule has 7 nitrogen and oxygen atoms in total. The molecule has 1 aromatic heterocycles. The Labute approximate surface area is 113 Å². The van der Waals surface area contributed by atoms with Crippen LogP contribution in [0.4, 0.5) is 4.79 Å². The Morgan fingerprint density at radius 3 is 2.74 bits per heavy atom. The number of aryl methyl sites for hydroxylation is 1. The monoisotopic (exact) mass is 269 g/mol. The molecule has 1 amide bonds. The van der Waals surface area contributed by atoms with Crippen LogP contribution in [0.15, 0.2) is 6.33 Å². The van der Waals surface area contributed by atoms with Gasteiger partial charge in [-0.2, -0.15) is 0 Å². The van der Waals surface area contributed by atoms with E-state index in [1.165, 1.54) is 0 Å². The summed E-state index contributed by atoms with van der Waals surface area (Å²) in [7, 11) is 1.89. The van der Waals surface area contributed by atoms with E-state index >= 15 is 0 Å². The predicted octanol–water partition coefficient (Wildman–Crippen LogP) is 0.818. The number of ether oxygens (including phenoxy) is 1. The summed E-state index contributed by atoms with van der Waals surface area (Å²) in [6.07, 6.45) is 1.25. The highest BCUT2D eigenvalue weighted by molar-refractivity contribution is 5.67. The van der Waals surface area contributed by atoms with Crippen LogP contribution in [-0.2, 0) is 18.3 Å². The highest BCUT2D eigenvalue weighted by Gasteiger charge is 2.16. The molecule has 19 heavy (non-hydrogen) atoms. The largest absolute Gasteiger partial charge is 0.444 e. The Morgan fingerprint density at radius 1 is 1.53 bits per heavy atom. The van der Waals surface area contributed by atoms with Crippen molar-refractivity contribution in [3.05, 3.63) is 12.2 Å². The molecule has 108 valence electrons. The first-order valence-corrected chi connectivity index (χ1v) is 6.31. The van der Waals surface area contributed by atoms with Gasteiger partial charge >= 0.3 is 6.09 Å². The van der Waals surface area contributed by atoms with Gasteiger partial charge in [0.25, 0.3) is 0 Å². The lowest BCUT2D eigenvalue weighted by molar-refractivity contribution is 0.0523. The van der Waals surface area contributed by atoms with E-state index in [9.17, 15) is 4.79 Å². The molecule has 0 saturated heterocycles. The normalized spacial score (nSPS) is 13.1. The third-order valence-electron chi connectivity index (χ3n) is 2.37. The van der Waals surface area contributed by atoms with E-state index in [1.807, 2.05) is 39.3 Å². The van der Waals surface area contributed by atoms with Crippen LogP contribution in [0.3, 0.4) is 0 Å². The summed E-state index contributed by atoms with van der Waals surface area (Å²) in [5.74, 6) is 0.851. The van der Waals surface area contributed by atoms with Crippen molar-refractivity contribution in [3.63, 3.8) is 0 Å². The summed E-state index contributed by atoms with van der Waals surface area (Å²) in [4.78, 5) is 11.5. The molecule has 0 aliphatic heterocycles. The molecule has 0 aliphatic rings. The van der Waals surface area contributed by atoms with E-state index in [4.69, 9.17) is 4.74 Å². The summed E-state index contributed by atoms with van der Waals surface area (Å²) >= 11 is 0. The van der Waals surface area contributed by atoms with Crippen LogP contribution in [0.1, 0.15) is 33.5 Å². The minimum Gasteiger partial charge on any atom is -0.444 e. The van der Waals surface area contributed by atoms with Crippen molar-refractivity contribution >= 4 is 6.09 Å². The standard InChI is InChI=1S/C12H23N5O2/c1-9(6-14-11(18)19-12(2,3)4)13-7-10-16-15-8-17(10)5/h8-9,13H,6-7H2,1-5H3,(H,14,18). The number of amides is 1. The average molecular weight is 269 g/mol. The summed E-state index contributed by atoms with van der Waals surface area (Å²) < 4.78 is 7.00. The number of nitrogens with one attached hydrogen (secondary N) is 2. The number of alkyl carbamates (subject to hydrolysis) is 1. The first kappa shape index (κ1) is 15.4. The summed E-state index contributed by atoms with van der Waals surface area (Å²) in [5.41, 5.74) is -0.473. The van der Waals surface area contributed by atoms with Crippen molar-refractivity contribution in [2.45, 2.75) is 45.9 Å². The summed E-state index contributed by atoms with van der Waals surface area (Å²) in [6.45, 7) is 8.58. The van der Waals surface area contributed by atoms with Crippen molar-refractivity contribution in [1.29, 1.82) is 0 Å². The fourth-order valence-electron chi connectivity index (χ4n) is 1.36. The van der Waals surface area contributed by atoms with Gasteiger partial charge in [-0.15, -0.1) is 10.2 Å². The fraction of sp³-hybridized carbons (Fsp3) is 0.750. The van der Waals surface area contributed by atoms with Crippen molar-refractivity contribution < 1.29 is 9.53 Å². The summed E-state index contributed by atoms with van der Waals surface area (Å²) in [6, 6.07) is 0.115. The van der Waals surface area contributed by atoms with Gasteiger partial charge in [-0.25, -0.2) is 4.79 Å². The molecule has 0 fully saturated rings. The molecule has 0 radical (unpaired) electrons. The molecule has 0 spiro atoms. The number of carbonyl (C=O) groups is 1.